The van der Waals surface area contributed by atoms with E-state index in [-0.39, 0.29) is 6.42 Å². The predicted molar refractivity (Wildman–Crippen MR) is 109 cm³/mol. The summed E-state index contributed by atoms with van der Waals surface area (Å²) >= 11 is 0. The zero-order valence-electron chi connectivity index (χ0n) is 17.2. The van der Waals surface area contributed by atoms with Gasteiger partial charge in [0.2, 0.25) is 6.43 Å². The molecule has 1 aromatic carbocycles. The van der Waals surface area contributed by atoms with Gasteiger partial charge < -0.3 is 14.8 Å². The first-order chi connectivity index (χ1) is 13.7. The normalized spacial score (nSPS) is 15.1. The Morgan fingerprint density at radius 2 is 1.32 bits per heavy atom. The van der Waals surface area contributed by atoms with Crippen molar-refractivity contribution in [3.63, 3.8) is 0 Å². The van der Waals surface area contributed by atoms with Gasteiger partial charge in [-0.1, -0.05) is 32.1 Å². The van der Waals surface area contributed by atoms with E-state index >= 15 is 0 Å². The summed E-state index contributed by atoms with van der Waals surface area (Å²) in [5, 5.41) is 2.40. The number of hydrogen-bond donors (Lipinski definition) is 1. The van der Waals surface area contributed by atoms with Crippen LogP contribution in [0.4, 0.5) is 8.78 Å². The fourth-order valence-corrected chi connectivity index (χ4v) is 3.73. The number of alkyl halides is 2. The van der Waals surface area contributed by atoms with Gasteiger partial charge in [0, 0.05) is 6.42 Å². The number of unbranched alkanes of at least 4 members (excludes halogenated alkanes) is 6. The summed E-state index contributed by atoms with van der Waals surface area (Å²) in [4.78, 5) is 0. The third-order valence-corrected chi connectivity index (χ3v) is 5.51. The number of nitrogens with two attached hydrogens (primary N) is 1. The third-order valence-electron chi connectivity index (χ3n) is 5.51. The molecule has 0 amide bonds. The van der Waals surface area contributed by atoms with Crippen LogP contribution in [-0.2, 0) is 0 Å². The van der Waals surface area contributed by atoms with Gasteiger partial charge in [0.15, 0.2) is 0 Å². The summed E-state index contributed by atoms with van der Waals surface area (Å²) in [5.41, 5.74) is 0. The molecule has 3 nitrogen and oxygen atoms in total. The number of ether oxygens (including phenoxy) is 2. The van der Waals surface area contributed by atoms with Crippen LogP contribution in [0.3, 0.4) is 0 Å². The van der Waals surface area contributed by atoms with Crippen molar-refractivity contribution < 1.29 is 23.6 Å². The third kappa shape index (κ3) is 10.8. The van der Waals surface area contributed by atoms with Crippen LogP contribution in [0.2, 0.25) is 0 Å². The molecule has 1 aliphatic heterocycles. The van der Waals surface area contributed by atoms with E-state index in [1.165, 1.54) is 25.9 Å². The number of halogens is 2. The van der Waals surface area contributed by atoms with E-state index in [1.54, 1.807) is 0 Å². The molecule has 0 saturated carbocycles. The molecule has 0 radical (unpaired) electrons. The van der Waals surface area contributed by atoms with Crippen LogP contribution in [0.25, 0.3) is 0 Å². The molecule has 0 aliphatic carbocycles. The SMILES string of the molecule is FC(F)CCCCCCCCCOc1ccc(OCCC2CC[NH2+]CC2)cc1. The average molecular weight is 399 g/mol. The number of piperidine rings is 1. The van der Waals surface area contributed by atoms with Gasteiger partial charge in [-0.05, 0) is 62.3 Å². The van der Waals surface area contributed by atoms with Crippen molar-refractivity contribution >= 4 is 0 Å². The fraction of sp³-hybridized carbons (Fsp3) is 0.739. The molecular weight excluding hydrogens is 360 g/mol. The maximum atomic E-state index is 12.0. The monoisotopic (exact) mass is 398 g/mol. The van der Waals surface area contributed by atoms with Crippen molar-refractivity contribution in [3.8, 4) is 11.5 Å². The van der Waals surface area contributed by atoms with Crippen LogP contribution in [0.5, 0.6) is 11.5 Å². The summed E-state index contributed by atoms with van der Waals surface area (Å²) in [7, 11) is 0. The lowest BCUT2D eigenvalue weighted by Gasteiger charge is -2.20. The fourth-order valence-electron chi connectivity index (χ4n) is 3.73. The summed E-state index contributed by atoms with van der Waals surface area (Å²) in [6, 6.07) is 7.94. The van der Waals surface area contributed by atoms with E-state index in [2.05, 4.69) is 5.32 Å². The molecule has 28 heavy (non-hydrogen) atoms. The second-order valence-corrected chi connectivity index (χ2v) is 7.92. The first-order valence-electron chi connectivity index (χ1n) is 11.2. The zero-order valence-corrected chi connectivity index (χ0v) is 17.2. The quantitative estimate of drug-likeness (QED) is 0.413. The Kier molecular flexibility index (Phi) is 12.0. The molecule has 5 heteroatoms. The van der Waals surface area contributed by atoms with Crippen LogP contribution in [0.1, 0.15) is 70.6 Å². The molecule has 160 valence electrons. The molecule has 2 N–H and O–H groups in total. The average Bonchev–Trinajstić information content (AvgIpc) is 2.71. The predicted octanol–water partition coefficient (Wildman–Crippen LogP) is 5.19. The minimum atomic E-state index is -2.14. The highest BCUT2D eigenvalue weighted by atomic mass is 19.3. The van der Waals surface area contributed by atoms with E-state index in [9.17, 15) is 8.78 Å². The standard InChI is InChI=1S/C23H37F2NO2/c24-23(25)8-6-4-2-1-3-5-7-18-27-21-9-11-22(12-10-21)28-19-15-20-13-16-26-17-14-20/h9-12,20,23,26H,1-8,13-19H2/p+1. The summed E-state index contributed by atoms with van der Waals surface area (Å²) in [5.74, 6) is 2.63. The van der Waals surface area contributed by atoms with Crippen LogP contribution in [-0.4, -0.2) is 32.7 Å². The molecule has 0 aromatic heterocycles. The Morgan fingerprint density at radius 3 is 1.93 bits per heavy atom. The van der Waals surface area contributed by atoms with Gasteiger partial charge in [-0.2, -0.15) is 0 Å². The van der Waals surface area contributed by atoms with Gasteiger partial charge in [-0.3, -0.25) is 0 Å². The van der Waals surface area contributed by atoms with Crippen molar-refractivity contribution in [2.75, 3.05) is 26.3 Å². The molecule has 1 aliphatic rings. The Morgan fingerprint density at radius 1 is 0.786 bits per heavy atom. The number of hydrogen-bond acceptors (Lipinski definition) is 2. The first kappa shape index (κ1) is 22.9. The molecule has 0 spiro atoms. The molecule has 0 unspecified atom stereocenters. The van der Waals surface area contributed by atoms with E-state index in [1.807, 2.05) is 24.3 Å². The van der Waals surface area contributed by atoms with Crippen LogP contribution in [0, 0.1) is 5.92 Å². The van der Waals surface area contributed by atoms with E-state index < -0.39 is 6.43 Å². The van der Waals surface area contributed by atoms with Crippen molar-refractivity contribution in [1.82, 2.24) is 0 Å². The molecule has 0 bridgehead atoms. The molecule has 1 aromatic rings. The zero-order chi connectivity index (χ0) is 19.9. The van der Waals surface area contributed by atoms with Crippen molar-refractivity contribution in [2.24, 2.45) is 5.92 Å². The van der Waals surface area contributed by atoms with Gasteiger partial charge in [-0.25, -0.2) is 8.78 Å². The minimum absolute atomic E-state index is 0.0526. The molecular formula is C23H38F2NO2+. The lowest BCUT2D eigenvalue weighted by molar-refractivity contribution is -0.664. The highest BCUT2D eigenvalue weighted by Crippen LogP contribution is 2.20. The highest BCUT2D eigenvalue weighted by Gasteiger charge is 2.15. The Labute approximate surface area is 169 Å². The van der Waals surface area contributed by atoms with E-state index in [0.717, 1.165) is 75.6 Å². The van der Waals surface area contributed by atoms with Crippen molar-refractivity contribution in [1.29, 1.82) is 0 Å². The molecule has 1 heterocycles. The smallest absolute Gasteiger partial charge is 0.238 e. The molecule has 1 saturated heterocycles. The Bertz CT molecular complexity index is 490. The van der Waals surface area contributed by atoms with Gasteiger partial charge in [-0.15, -0.1) is 0 Å². The van der Waals surface area contributed by atoms with Crippen molar-refractivity contribution in [2.45, 2.75) is 77.1 Å². The molecule has 0 atom stereocenters. The lowest BCUT2D eigenvalue weighted by atomic mass is 9.95. The first-order valence-corrected chi connectivity index (χ1v) is 11.2. The largest absolute Gasteiger partial charge is 0.494 e. The molecule has 2 rings (SSSR count). The van der Waals surface area contributed by atoms with Crippen molar-refractivity contribution in [3.05, 3.63) is 24.3 Å². The summed E-state index contributed by atoms with van der Waals surface area (Å²) in [6.07, 6.45) is 8.79. The number of rotatable bonds is 15. The highest BCUT2D eigenvalue weighted by molar-refractivity contribution is 5.31. The van der Waals surface area contributed by atoms with Crippen LogP contribution >= 0.6 is 0 Å². The number of benzene rings is 1. The number of quaternary nitrogens is 1. The topological polar surface area (TPSA) is 35.1 Å². The van der Waals surface area contributed by atoms with Crippen LogP contribution in [0.15, 0.2) is 24.3 Å². The van der Waals surface area contributed by atoms with Gasteiger partial charge in [0.05, 0.1) is 26.3 Å². The van der Waals surface area contributed by atoms with Gasteiger partial charge in [0.1, 0.15) is 11.5 Å². The summed E-state index contributed by atoms with van der Waals surface area (Å²) in [6.45, 7) is 4.05. The Balaban J connectivity index is 1.44. The van der Waals surface area contributed by atoms with Gasteiger partial charge >= 0.3 is 0 Å². The van der Waals surface area contributed by atoms with E-state index in [4.69, 9.17) is 9.47 Å². The molecule has 1 fully saturated rings. The maximum Gasteiger partial charge on any atom is 0.238 e. The Hall–Kier alpha value is -1.36. The second kappa shape index (κ2) is 14.6. The lowest BCUT2D eigenvalue weighted by Crippen LogP contribution is -2.86. The maximum absolute atomic E-state index is 12.0. The van der Waals surface area contributed by atoms with Gasteiger partial charge in [0.25, 0.3) is 0 Å². The second-order valence-electron chi connectivity index (χ2n) is 7.92. The summed E-state index contributed by atoms with van der Waals surface area (Å²) < 4.78 is 35.7. The van der Waals surface area contributed by atoms with E-state index in [0.29, 0.717) is 6.42 Å². The minimum Gasteiger partial charge on any atom is -0.494 e. The van der Waals surface area contributed by atoms with Crippen LogP contribution < -0.4 is 14.8 Å².